The number of rotatable bonds is 5. The quantitative estimate of drug-likeness (QED) is 0.604. The smallest absolute Gasteiger partial charge is 0.194 e. The Morgan fingerprint density at radius 3 is 2.53 bits per heavy atom. The molecule has 0 radical (unpaired) electrons. The van der Waals surface area contributed by atoms with Crippen LogP contribution < -0.4 is 0 Å². The van der Waals surface area contributed by atoms with Crippen LogP contribution in [0.5, 0.6) is 0 Å². The van der Waals surface area contributed by atoms with E-state index >= 15 is 0 Å². The average Bonchev–Trinajstić information content (AvgIpc) is 2.88. The first-order valence-corrected chi connectivity index (χ1v) is 6.37. The van der Waals surface area contributed by atoms with Gasteiger partial charge in [0.15, 0.2) is 23.2 Å². The molecule has 0 N–H and O–H groups in total. The fraction of sp³-hybridized carbons (Fsp3) is 0.500. The van der Waals surface area contributed by atoms with E-state index < -0.39 is 17.5 Å². The van der Waals surface area contributed by atoms with Gasteiger partial charge in [-0.25, -0.2) is 13.2 Å². The molecule has 1 atom stereocenters. The van der Waals surface area contributed by atoms with Crippen molar-refractivity contribution in [3.8, 4) is 0 Å². The molecule has 1 heterocycles. The molecule has 1 fully saturated rings. The molecule has 1 aromatic rings. The molecule has 2 nitrogen and oxygen atoms in total. The van der Waals surface area contributed by atoms with E-state index in [-0.39, 0.29) is 23.9 Å². The van der Waals surface area contributed by atoms with Gasteiger partial charge < -0.3 is 4.74 Å². The zero-order valence-corrected chi connectivity index (χ0v) is 10.4. The van der Waals surface area contributed by atoms with Crippen molar-refractivity contribution in [3.05, 3.63) is 35.1 Å². The predicted molar refractivity (Wildman–Crippen MR) is 63.5 cm³/mol. The Morgan fingerprint density at radius 2 is 1.95 bits per heavy atom. The highest BCUT2D eigenvalue weighted by molar-refractivity contribution is 5.96. The molecule has 0 saturated carbocycles. The van der Waals surface area contributed by atoms with E-state index in [1.807, 2.05) is 0 Å². The van der Waals surface area contributed by atoms with Crippen molar-refractivity contribution < 1.29 is 22.7 Å². The van der Waals surface area contributed by atoms with Crippen LogP contribution in [0.4, 0.5) is 13.2 Å². The fourth-order valence-electron chi connectivity index (χ4n) is 2.22. The van der Waals surface area contributed by atoms with Gasteiger partial charge in [-0.1, -0.05) is 0 Å². The number of benzene rings is 1. The highest BCUT2D eigenvalue weighted by atomic mass is 19.2. The van der Waals surface area contributed by atoms with Crippen molar-refractivity contribution in [2.24, 2.45) is 0 Å². The van der Waals surface area contributed by atoms with Gasteiger partial charge in [-0.05, 0) is 37.8 Å². The second kappa shape index (κ2) is 6.19. The predicted octanol–water partition coefficient (Wildman–Crippen LogP) is 3.64. The van der Waals surface area contributed by atoms with Gasteiger partial charge in [0.05, 0.1) is 6.10 Å². The molecule has 19 heavy (non-hydrogen) atoms. The molecule has 1 saturated heterocycles. The van der Waals surface area contributed by atoms with Gasteiger partial charge in [0.2, 0.25) is 0 Å². The molecular weight excluding hydrogens is 257 g/mol. The third-order valence-corrected chi connectivity index (χ3v) is 3.26. The number of hydrogen-bond acceptors (Lipinski definition) is 2. The summed E-state index contributed by atoms with van der Waals surface area (Å²) < 4.78 is 44.1. The largest absolute Gasteiger partial charge is 0.378 e. The maximum Gasteiger partial charge on any atom is 0.194 e. The van der Waals surface area contributed by atoms with E-state index in [4.69, 9.17) is 4.74 Å². The van der Waals surface area contributed by atoms with Crippen molar-refractivity contribution in [1.82, 2.24) is 0 Å². The van der Waals surface area contributed by atoms with Crippen LogP contribution in [0.25, 0.3) is 0 Å². The molecule has 0 aromatic heterocycles. The average molecular weight is 272 g/mol. The van der Waals surface area contributed by atoms with Crippen LogP contribution in [-0.2, 0) is 4.74 Å². The van der Waals surface area contributed by atoms with Gasteiger partial charge in [-0.2, -0.15) is 0 Å². The third-order valence-electron chi connectivity index (χ3n) is 3.26. The Balaban J connectivity index is 1.88. The van der Waals surface area contributed by atoms with E-state index in [9.17, 15) is 18.0 Å². The van der Waals surface area contributed by atoms with Crippen molar-refractivity contribution in [2.45, 2.75) is 38.2 Å². The summed E-state index contributed by atoms with van der Waals surface area (Å²) in [6.45, 7) is 0.757. The van der Waals surface area contributed by atoms with Crippen LogP contribution in [0.3, 0.4) is 0 Å². The van der Waals surface area contributed by atoms with E-state index in [2.05, 4.69) is 0 Å². The molecule has 5 heteroatoms. The lowest BCUT2D eigenvalue weighted by Crippen LogP contribution is -2.07. The zero-order valence-electron chi connectivity index (χ0n) is 10.4. The molecule has 104 valence electrons. The molecule has 1 aliphatic heterocycles. The van der Waals surface area contributed by atoms with Crippen LogP contribution in [-0.4, -0.2) is 18.5 Å². The van der Waals surface area contributed by atoms with Gasteiger partial charge in [0, 0.05) is 18.6 Å². The molecule has 1 aromatic carbocycles. The first kappa shape index (κ1) is 14.1. The molecule has 0 amide bonds. The Labute approximate surface area is 109 Å². The van der Waals surface area contributed by atoms with E-state index in [0.717, 1.165) is 38.0 Å². The Bertz CT molecular complexity index is 445. The Morgan fingerprint density at radius 1 is 1.26 bits per heavy atom. The topological polar surface area (TPSA) is 26.3 Å². The maximum atomic E-state index is 13.0. The molecule has 0 spiro atoms. The first-order valence-electron chi connectivity index (χ1n) is 6.37. The van der Waals surface area contributed by atoms with Crippen LogP contribution in [0, 0.1) is 17.5 Å². The van der Waals surface area contributed by atoms with Gasteiger partial charge in [0.25, 0.3) is 0 Å². The van der Waals surface area contributed by atoms with Crippen LogP contribution >= 0.6 is 0 Å². The summed E-state index contributed by atoms with van der Waals surface area (Å²) in [7, 11) is 0. The summed E-state index contributed by atoms with van der Waals surface area (Å²) in [5, 5.41) is 0. The minimum Gasteiger partial charge on any atom is -0.378 e. The minimum absolute atomic E-state index is 0.122. The van der Waals surface area contributed by atoms with Crippen molar-refractivity contribution in [2.75, 3.05) is 6.61 Å². The highest BCUT2D eigenvalue weighted by Gasteiger charge is 2.17. The van der Waals surface area contributed by atoms with Crippen LogP contribution in [0.1, 0.15) is 42.5 Å². The number of ether oxygens (including phenoxy) is 1. The first-order chi connectivity index (χ1) is 9.08. The molecule has 1 unspecified atom stereocenters. The SMILES string of the molecule is O=C(CCCC1CCCO1)c1cc(F)c(F)c(F)c1. The Kier molecular flexibility index (Phi) is 4.58. The van der Waals surface area contributed by atoms with E-state index in [0.29, 0.717) is 6.42 Å². The molecule has 0 bridgehead atoms. The fourth-order valence-corrected chi connectivity index (χ4v) is 2.22. The summed E-state index contributed by atoms with van der Waals surface area (Å²) in [5.74, 6) is -4.59. The second-order valence-corrected chi connectivity index (χ2v) is 4.70. The minimum atomic E-state index is -1.55. The van der Waals surface area contributed by atoms with Crippen LogP contribution in [0.15, 0.2) is 12.1 Å². The normalized spacial score (nSPS) is 18.8. The van der Waals surface area contributed by atoms with Crippen molar-refractivity contribution in [1.29, 1.82) is 0 Å². The molecule has 2 rings (SSSR count). The van der Waals surface area contributed by atoms with E-state index in [1.165, 1.54) is 0 Å². The lowest BCUT2D eigenvalue weighted by atomic mass is 10.0. The number of halogens is 3. The monoisotopic (exact) mass is 272 g/mol. The van der Waals surface area contributed by atoms with Crippen LogP contribution in [0.2, 0.25) is 0 Å². The van der Waals surface area contributed by atoms with Gasteiger partial charge in [-0.3, -0.25) is 4.79 Å². The number of carbonyl (C=O) groups is 1. The van der Waals surface area contributed by atoms with E-state index in [1.54, 1.807) is 0 Å². The zero-order chi connectivity index (χ0) is 13.8. The van der Waals surface area contributed by atoms with Crippen molar-refractivity contribution >= 4 is 5.78 Å². The summed E-state index contributed by atoms with van der Waals surface area (Å²) in [6.07, 6.45) is 3.77. The number of Topliss-reactive ketones (excluding diaryl/α,β-unsaturated/α-hetero) is 1. The maximum absolute atomic E-state index is 13.0. The molecule has 1 aliphatic rings. The summed E-state index contributed by atoms with van der Waals surface area (Å²) in [4.78, 5) is 11.7. The van der Waals surface area contributed by atoms with Crippen molar-refractivity contribution in [3.63, 3.8) is 0 Å². The number of hydrogen-bond donors (Lipinski definition) is 0. The Hall–Kier alpha value is -1.36. The van der Waals surface area contributed by atoms with Gasteiger partial charge in [0.1, 0.15) is 0 Å². The second-order valence-electron chi connectivity index (χ2n) is 4.70. The lowest BCUT2D eigenvalue weighted by Gasteiger charge is -2.08. The summed E-state index contributed by atoms with van der Waals surface area (Å²) >= 11 is 0. The lowest BCUT2D eigenvalue weighted by molar-refractivity contribution is 0.0922. The number of ketones is 1. The molecule has 0 aliphatic carbocycles. The van der Waals surface area contributed by atoms with Gasteiger partial charge >= 0.3 is 0 Å². The third kappa shape index (κ3) is 3.56. The summed E-state index contributed by atoms with van der Waals surface area (Å²) in [5.41, 5.74) is -0.122. The van der Waals surface area contributed by atoms with Gasteiger partial charge in [-0.15, -0.1) is 0 Å². The highest BCUT2D eigenvalue weighted by Crippen LogP contribution is 2.20. The number of carbonyl (C=O) groups excluding carboxylic acids is 1. The standard InChI is InChI=1S/C14H15F3O2/c15-11-7-9(8-12(16)14(11)17)13(18)5-1-3-10-4-2-6-19-10/h7-8,10H,1-6H2. The summed E-state index contributed by atoms with van der Waals surface area (Å²) in [6, 6.07) is 1.49. The molecular formula is C14H15F3O2.